The summed E-state index contributed by atoms with van der Waals surface area (Å²) >= 11 is 6.12. The van der Waals surface area contributed by atoms with E-state index in [0.717, 1.165) is 39.1 Å². The minimum atomic E-state index is -0.477. The molecule has 0 atom stereocenters. The molecule has 0 spiro atoms. The molecule has 0 aromatic carbocycles. The Labute approximate surface area is 189 Å². The van der Waals surface area contributed by atoms with Crippen LogP contribution in [0, 0.1) is 0 Å². The first-order valence-electron chi connectivity index (χ1n) is 11.4. The summed E-state index contributed by atoms with van der Waals surface area (Å²) in [5.41, 5.74) is 0. The highest BCUT2D eigenvalue weighted by atomic mass is 32.2. The van der Waals surface area contributed by atoms with Crippen LogP contribution in [-0.2, 0) is 14.0 Å². The van der Waals surface area contributed by atoms with Crippen molar-refractivity contribution in [3.63, 3.8) is 0 Å². The van der Waals surface area contributed by atoms with Crippen LogP contribution in [0.4, 0.5) is 0 Å². The number of rotatable bonds is 24. The molecular formula is C21H45BO3S3. The summed E-state index contributed by atoms with van der Waals surface area (Å²) in [6.45, 7) is 8.91. The molecule has 0 aliphatic heterocycles. The van der Waals surface area contributed by atoms with Gasteiger partial charge in [-0.15, -0.1) is 0 Å². The molecule has 3 nitrogen and oxygen atoms in total. The third-order valence-corrected chi connectivity index (χ3v) is 7.68. The molecule has 0 unspecified atom stereocenters. The molecule has 0 amide bonds. The molecule has 0 heterocycles. The van der Waals surface area contributed by atoms with E-state index in [9.17, 15) is 0 Å². The van der Waals surface area contributed by atoms with Crippen molar-refractivity contribution in [2.45, 2.75) is 78.6 Å². The lowest BCUT2D eigenvalue weighted by molar-refractivity contribution is 0.0900. The molecule has 0 rings (SSSR count). The average Bonchev–Trinajstić information content (AvgIpc) is 2.71. The Morgan fingerprint density at radius 2 is 0.786 bits per heavy atom. The van der Waals surface area contributed by atoms with E-state index >= 15 is 0 Å². The predicted octanol–water partition coefficient (Wildman–Crippen LogP) is 6.79. The lowest BCUT2D eigenvalue weighted by Gasteiger charge is -2.15. The van der Waals surface area contributed by atoms with Gasteiger partial charge in [-0.1, -0.05) is 20.8 Å². The average molecular weight is 453 g/mol. The fourth-order valence-corrected chi connectivity index (χ4v) is 5.04. The van der Waals surface area contributed by atoms with Gasteiger partial charge in [-0.25, -0.2) is 0 Å². The molecule has 0 N–H and O–H groups in total. The van der Waals surface area contributed by atoms with E-state index in [-0.39, 0.29) is 0 Å². The minimum absolute atomic E-state index is 0.477. The van der Waals surface area contributed by atoms with Crippen LogP contribution in [0.5, 0.6) is 0 Å². The highest BCUT2D eigenvalue weighted by Crippen LogP contribution is 2.09. The van der Waals surface area contributed by atoms with E-state index < -0.39 is 7.32 Å². The Bertz CT molecular complexity index is 247. The smallest absolute Gasteiger partial charge is 0.386 e. The second-order valence-electron chi connectivity index (χ2n) is 6.86. The van der Waals surface area contributed by atoms with Gasteiger partial charge >= 0.3 is 7.32 Å². The van der Waals surface area contributed by atoms with E-state index in [1.807, 2.05) is 35.3 Å². The van der Waals surface area contributed by atoms with E-state index in [0.29, 0.717) is 0 Å². The predicted molar refractivity (Wildman–Crippen MR) is 134 cm³/mol. The van der Waals surface area contributed by atoms with Crippen LogP contribution in [0.2, 0.25) is 0 Å². The highest BCUT2D eigenvalue weighted by Gasteiger charge is 2.20. The highest BCUT2D eigenvalue weighted by molar-refractivity contribution is 7.99. The Hall–Kier alpha value is 0.995. The van der Waals surface area contributed by atoms with Crippen molar-refractivity contribution in [2.75, 3.05) is 54.3 Å². The first-order valence-corrected chi connectivity index (χ1v) is 14.9. The van der Waals surface area contributed by atoms with Crippen molar-refractivity contribution in [3.05, 3.63) is 0 Å². The third kappa shape index (κ3) is 23.3. The van der Waals surface area contributed by atoms with Crippen LogP contribution in [0.3, 0.4) is 0 Å². The molecule has 7 heteroatoms. The van der Waals surface area contributed by atoms with E-state index in [1.54, 1.807) is 0 Å². The summed E-state index contributed by atoms with van der Waals surface area (Å²) in [5.74, 6) is 7.49. The van der Waals surface area contributed by atoms with Crippen molar-refractivity contribution in [1.82, 2.24) is 0 Å². The Morgan fingerprint density at radius 3 is 1.07 bits per heavy atom. The Kier molecular flexibility index (Phi) is 27.0. The number of unbranched alkanes of at least 4 members (excludes halogenated alkanes) is 3. The first-order chi connectivity index (χ1) is 13.8. The molecule has 0 aliphatic rings. The summed E-state index contributed by atoms with van der Waals surface area (Å²) < 4.78 is 17.6. The maximum absolute atomic E-state index is 5.87. The molecule has 0 saturated heterocycles. The topological polar surface area (TPSA) is 27.7 Å². The maximum atomic E-state index is 5.87. The van der Waals surface area contributed by atoms with E-state index in [1.165, 1.54) is 73.0 Å². The van der Waals surface area contributed by atoms with Crippen LogP contribution >= 0.6 is 35.3 Å². The fraction of sp³-hybridized carbons (Fsp3) is 1.00. The van der Waals surface area contributed by atoms with Gasteiger partial charge in [0.2, 0.25) is 0 Å². The zero-order valence-electron chi connectivity index (χ0n) is 18.8. The van der Waals surface area contributed by atoms with Crippen LogP contribution in [-0.4, -0.2) is 61.7 Å². The van der Waals surface area contributed by atoms with Gasteiger partial charge in [-0.05, 0) is 92.3 Å². The van der Waals surface area contributed by atoms with E-state index in [4.69, 9.17) is 14.0 Å². The molecular weight excluding hydrogens is 407 g/mol. The van der Waals surface area contributed by atoms with Gasteiger partial charge < -0.3 is 14.0 Å². The van der Waals surface area contributed by atoms with Crippen molar-refractivity contribution in [1.29, 1.82) is 0 Å². The van der Waals surface area contributed by atoms with Crippen molar-refractivity contribution >= 4 is 42.6 Å². The van der Waals surface area contributed by atoms with Gasteiger partial charge in [-0.3, -0.25) is 0 Å². The second-order valence-corrected chi connectivity index (χ2v) is 10.5. The minimum Gasteiger partial charge on any atom is -0.386 e. The van der Waals surface area contributed by atoms with Crippen LogP contribution in [0.25, 0.3) is 0 Å². The van der Waals surface area contributed by atoms with Gasteiger partial charge in [-0.2, -0.15) is 35.3 Å². The normalized spacial score (nSPS) is 11.2. The lowest BCUT2D eigenvalue weighted by atomic mass is 10.2. The molecule has 0 aromatic heterocycles. The molecule has 0 radical (unpaired) electrons. The molecule has 168 valence electrons. The molecule has 28 heavy (non-hydrogen) atoms. The van der Waals surface area contributed by atoms with Crippen molar-refractivity contribution in [3.8, 4) is 0 Å². The number of hydrogen-bond donors (Lipinski definition) is 0. The van der Waals surface area contributed by atoms with Crippen LogP contribution in [0.15, 0.2) is 0 Å². The molecule has 0 aromatic rings. The van der Waals surface area contributed by atoms with Crippen molar-refractivity contribution < 1.29 is 14.0 Å². The second kappa shape index (κ2) is 26.0. The quantitative estimate of drug-likeness (QED) is 0.118. The molecule has 0 aliphatic carbocycles. The van der Waals surface area contributed by atoms with Gasteiger partial charge in [0.05, 0.1) is 0 Å². The van der Waals surface area contributed by atoms with Crippen molar-refractivity contribution in [2.24, 2.45) is 0 Å². The monoisotopic (exact) mass is 452 g/mol. The molecule has 0 bridgehead atoms. The summed E-state index contributed by atoms with van der Waals surface area (Å²) in [7, 11) is -0.477. The molecule has 0 saturated carbocycles. The summed E-state index contributed by atoms with van der Waals surface area (Å²) in [4.78, 5) is 0. The zero-order valence-corrected chi connectivity index (χ0v) is 21.2. The lowest BCUT2D eigenvalue weighted by Crippen LogP contribution is -2.29. The summed E-state index contributed by atoms with van der Waals surface area (Å²) in [5, 5.41) is 0. The number of thioether (sulfide) groups is 3. The number of hydrogen-bond acceptors (Lipinski definition) is 6. The van der Waals surface area contributed by atoms with Gasteiger partial charge in [0.25, 0.3) is 0 Å². The first kappa shape index (κ1) is 29.0. The Morgan fingerprint density at radius 1 is 0.464 bits per heavy atom. The Balaban J connectivity index is 3.80. The maximum Gasteiger partial charge on any atom is 0.639 e. The van der Waals surface area contributed by atoms with E-state index in [2.05, 4.69) is 20.8 Å². The van der Waals surface area contributed by atoms with Gasteiger partial charge in [0.1, 0.15) is 0 Å². The van der Waals surface area contributed by atoms with Gasteiger partial charge in [0.15, 0.2) is 0 Å². The largest absolute Gasteiger partial charge is 0.639 e. The SMILES string of the molecule is CCCSCCCCOB(OCCCCSCCC)OCCCCSCCC. The van der Waals surface area contributed by atoms with Crippen LogP contribution < -0.4 is 0 Å². The summed E-state index contributed by atoms with van der Waals surface area (Å²) in [6, 6.07) is 0. The summed E-state index contributed by atoms with van der Waals surface area (Å²) in [6.07, 6.45) is 10.7. The van der Waals surface area contributed by atoms with Crippen LogP contribution in [0.1, 0.15) is 78.6 Å². The standard InChI is InChI=1S/C21H45BO3S3/c1-4-16-26-19-10-7-13-23-22(24-14-8-11-20-27-17-5-2)25-15-9-12-21-28-18-6-3/h4-21H2,1-3H3. The third-order valence-electron chi connectivity index (χ3n) is 3.86. The van der Waals surface area contributed by atoms with Gasteiger partial charge in [0, 0.05) is 19.8 Å². The zero-order chi connectivity index (χ0) is 20.5. The molecule has 0 fully saturated rings. The fourth-order valence-electron chi connectivity index (χ4n) is 2.34.